The number of halogens is 1. The Labute approximate surface area is 177 Å². The molecular formula is C21H21FN4OS2. The van der Waals surface area contributed by atoms with Crippen molar-refractivity contribution in [2.75, 3.05) is 5.75 Å². The number of rotatable bonds is 9. The summed E-state index contributed by atoms with van der Waals surface area (Å²) in [5, 5.41) is 14.3. The van der Waals surface area contributed by atoms with Gasteiger partial charge < -0.3 is 9.88 Å². The molecule has 1 saturated carbocycles. The third-order valence-electron chi connectivity index (χ3n) is 4.67. The number of hydrogen-bond donors (Lipinski definition) is 1. The molecule has 1 fully saturated rings. The van der Waals surface area contributed by atoms with Gasteiger partial charge in [-0.05, 0) is 42.0 Å². The van der Waals surface area contributed by atoms with Crippen molar-refractivity contribution in [1.82, 2.24) is 20.1 Å². The number of carbonyl (C=O) groups excluding carboxylic acids is 1. The molecule has 0 aliphatic heterocycles. The zero-order valence-corrected chi connectivity index (χ0v) is 17.4. The first-order chi connectivity index (χ1) is 14.2. The molecule has 3 aromatic rings. The second kappa shape index (κ2) is 8.92. The monoisotopic (exact) mass is 428 g/mol. The predicted molar refractivity (Wildman–Crippen MR) is 114 cm³/mol. The lowest BCUT2D eigenvalue weighted by molar-refractivity contribution is -0.119. The molecule has 8 heteroatoms. The number of carbonyl (C=O) groups is 1. The Morgan fingerprint density at radius 2 is 2.14 bits per heavy atom. The Hall–Kier alpha value is -2.45. The van der Waals surface area contributed by atoms with Crippen LogP contribution in [0.15, 0.2) is 59.6 Å². The second-order valence-electron chi connectivity index (χ2n) is 6.87. The summed E-state index contributed by atoms with van der Waals surface area (Å²) in [5.74, 6) is 1.28. The van der Waals surface area contributed by atoms with Gasteiger partial charge in [-0.25, -0.2) is 4.39 Å². The summed E-state index contributed by atoms with van der Waals surface area (Å²) in [7, 11) is 0. The standard InChI is InChI=1S/C21H21FN4OS2/c1-2-11-26-20(15-5-6-15)24-25-21(26)29-13-18(27)23-19(17-4-3-12-28-17)14-7-9-16(22)10-8-14/h2-4,7-10,12,15,19H,1,5-6,11,13H2,(H,23,27). The number of benzene rings is 1. The summed E-state index contributed by atoms with van der Waals surface area (Å²) in [5.41, 5.74) is 0.845. The fourth-order valence-electron chi connectivity index (χ4n) is 3.11. The summed E-state index contributed by atoms with van der Waals surface area (Å²) < 4.78 is 15.4. The third-order valence-corrected chi connectivity index (χ3v) is 6.57. The summed E-state index contributed by atoms with van der Waals surface area (Å²) in [6.07, 6.45) is 4.10. The fourth-order valence-corrected chi connectivity index (χ4v) is 4.68. The van der Waals surface area contributed by atoms with Gasteiger partial charge in [0.1, 0.15) is 11.6 Å². The van der Waals surface area contributed by atoms with Crippen LogP contribution in [0.25, 0.3) is 0 Å². The van der Waals surface area contributed by atoms with E-state index in [1.54, 1.807) is 23.5 Å². The van der Waals surface area contributed by atoms with Crippen LogP contribution in [-0.2, 0) is 11.3 Å². The van der Waals surface area contributed by atoms with E-state index in [0.29, 0.717) is 12.5 Å². The maximum absolute atomic E-state index is 13.3. The normalized spacial score (nSPS) is 14.5. The average molecular weight is 429 g/mol. The van der Waals surface area contributed by atoms with Gasteiger partial charge in [0.15, 0.2) is 5.16 Å². The number of nitrogens with one attached hydrogen (secondary N) is 1. The minimum Gasteiger partial charge on any atom is -0.344 e. The number of allylic oxidation sites excluding steroid dienone is 1. The van der Waals surface area contributed by atoms with Crippen molar-refractivity contribution in [1.29, 1.82) is 0 Å². The lowest BCUT2D eigenvalue weighted by Crippen LogP contribution is -2.30. The average Bonchev–Trinajstić information content (AvgIpc) is 3.26. The number of amides is 1. The van der Waals surface area contributed by atoms with Crippen molar-refractivity contribution in [3.05, 3.63) is 76.5 Å². The Kier molecular flexibility index (Phi) is 6.10. The molecule has 1 unspecified atom stereocenters. The van der Waals surface area contributed by atoms with Crippen molar-refractivity contribution >= 4 is 29.0 Å². The second-order valence-corrected chi connectivity index (χ2v) is 8.79. The zero-order valence-electron chi connectivity index (χ0n) is 15.8. The molecule has 0 saturated heterocycles. The van der Waals surface area contributed by atoms with E-state index < -0.39 is 0 Å². The molecule has 1 aliphatic carbocycles. The van der Waals surface area contributed by atoms with Gasteiger partial charge in [0.2, 0.25) is 5.91 Å². The molecule has 4 rings (SSSR count). The van der Waals surface area contributed by atoms with E-state index in [4.69, 9.17) is 0 Å². The molecule has 2 heterocycles. The largest absolute Gasteiger partial charge is 0.344 e. The van der Waals surface area contributed by atoms with Crippen molar-refractivity contribution in [2.24, 2.45) is 0 Å². The molecule has 5 nitrogen and oxygen atoms in total. The number of nitrogens with zero attached hydrogens (tertiary/aromatic N) is 3. The maximum atomic E-state index is 13.3. The van der Waals surface area contributed by atoms with Crippen LogP contribution in [0.4, 0.5) is 4.39 Å². The van der Waals surface area contributed by atoms with Gasteiger partial charge in [0.05, 0.1) is 11.8 Å². The number of hydrogen-bond acceptors (Lipinski definition) is 5. The molecule has 1 N–H and O–H groups in total. The molecule has 1 aliphatic rings. The van der Waals surface area contributed by atoms with E-state index in [9.17, 15) is 9.18 Å². The van der Waals surface area contributed by atoms with Crippen molar-refractivity contribution in [3.8, 4) is 0 Å². The van der Waals surface area contributed by atoms with E-state index in [2.05, 4.69) is 22.1 Å². The lowest BCUT2D eigenvalue weighted by Gasteiger charge is -2.18. The van der Waals surface area contributed by atoms with E-state index in [-0.39, 0.29) is 23.5 Å². The minimum absolute atomic E-state index is 0.112. The highest BCUT2D eigenvalue weighted by molar-refractivity contribution is 7.99. The van der Waals surface area contributed by atoms with Crippen LogP contribution in [0.2, 0.25) is 0 Å². The van der Waals surface area contributed by atoms with Crippen LogP contribution < -0.4 is 5.32 Å². The molecule has 1 atom stereocenters. The maximum Gasteiger partial charge on any atom is 0.231 e. The quantitative estimate of drug-likeness (QED) is 0.402. The first-order valence-electron chi connectivity index (χ1n) is 9.40. The van der Waals surface area contributed by atoms with Crippen molar-refractivity contribution < 1.29 is 9.18 Å². The van der Waals surface area contributed by atoms with Crippen LogP contribution in [0.5, 0.6) is 0 Å². The molecule has 29 heavy (non-hydrogen) atoms. The zero-order chi connectivity index (χ0) is 20.2. The molecule has 2 aromatic heterocycles. The van der Waals surface area contributed by atoms with Crippen molar-refractivity contribution in [3.63, 3.8) is 0 Å². The highest BCUT2D eigenvalue weighted by Crippen LogP contribution is 2.40. The van der Waals surface area contributed by atoms with Gasteiger partial charge in [-0.15, -0.1) is 28.1 Å². The van der Waals surface area contributed by atoms with Gasteiger partial charge in [0, 0.05) is 17.3 Å². The van der Waals surface area contributed by atoms with Gasteiger partial charge in [-0.3, -0.25) is 4.79 Å². The SMILES string of the molecule is C=CCn1c(SCC(=O)NC(c2ccc(F)cc2)c2cccs2)nnc1C1CC1. The number of aromatic nitrogens is 3. The molecular weight excluding hydrogens is 407 g/mol. The highest BCUT2D eigenvalue weighted by Gasteiger charge is 2.30. The van der Waals surface area contributed by atoms with Gasteiger partial charge in [0.25, 0.3) is 0 Å². The summed E-state index contributed by atoms with van der Waals surface area (Å²) in [6.45, 7) is 4.44. The Balaban J connectivity index is 1.45. The Morgan fingerprint density at radius 1 is 1.34 bits per heavy atom. The first kappa shape index (κ1) is 19.8. The Morgan fingerprint density at radius 3 is 2.79 bits per heavy atom. The summed E-state index contributed by atoms with van der Waals surface area (Å²) >= 11 is 2.93. The summed E-state index contributed by atoms with van der Waals surface area (Å²) in [4.78, 5) is 13.7. The minimum atomic E-state index is -0.309. The van der Waals surface area contributed by atoms with Crippen molar-refractivity contribution in [2.45, 2.75) is 36.5 Å². The molecule has 1 amide bonds. The number of thioether (sulfide) groups is 1. The van der Waals surface area contributed by atoms with Gasteiger partial charge in [-0.2, -0.15) is 0 Å². The molecule has 0 spiro atoms. The van der Waals surface area contributed by atoms with Crippen LogP contribution in [0, 0.1) is 5.82 Å². The first-order valence-corrected chi connectivity index (χ1v) is 11.3. The summed E-state index contributed by atoms with van der Waals surface area (Å²) in [6, 6.07) is 9.83. The van der Waals surface area contributed by atoms with Crippen LogP contribution in [0.1, 0.15) is 41.1 Å². The van der Waals surface area contributed by atoms with E-state index in [0.717, 1.165) is 34.3 Å². The Bertz CT molecular complexity index is 981. The smallest absolute Gasteiger partial charge is 0.231 e. The van der Waals surface area contributed by atoms with E-state index >= 15 is 0 Å². The molecule has 0 bridgehead atoms. The highest BCUT2D eigenvalue weighted by atomic mass is 32.2. The number of thiophene rings is 1. The van der Waals surface area contributed by atoms with Crippen LogP contribution in [0.3, 0.4) is 0 Å². The topological polar surface area (TPSA) is 59.8 Å². The fraction of sp³-hybridized carbons (Fsp3) is 0.286. The van der Waals surface area contributed by atoms with Crippen LogP contribution >= 0.6 is 23.1 Å². The van der Waals surface area contributed by atoms with E-state index in [1.807, 2.05) is 28.2 Å². The molecule has 1 aromatic carbocycles. The molecule has 0 radical (unpaired) electrons. The van der Waals surface area contributed by atoms with E-state index in [1.165, 1.54) is 23.9 Å². The van der Waals surface area contributed by atoms with Gasteiger partial charge >= 0.3 is 0 Å². The van der Waals surface area contributed by atoms with Crippen LogP contribution in [-0.4, -0.2) is 26.4 Å². The third kappa shape index (κ3) is 4.76. The van der Waals surface area contributed by atoms with Gasteiger partial charge in [-0.1, -0.05) is 36.0 Å². The molecule has 150 valence electrons. The predicted octanol–water partition coefficient (Wildman–Crippen LogP) is 4.54. The lowest BCUT2D eigenvalue weighted by atomic mass is 10.1.